The maximum Gasteiger partial charge on any atom is 0.248 e. The number of hydrogen-bond donors (Lipinski definition) is 1. The molecule has 1 saturated heterocycles. The first-order valence-electron chi connectivity index (χ1n) is 10.3. The second kappa shape index (κ2) is 8.58. The first-order valence-corrected chi connectivity index (χ1v) is 10.3. The van der Waals surface area contributed by atoms with E-state index >= 15 is 0 Å². The maximum atomic E-state index is 11.6. The lowest BCUT2D eigenvalue weighted by molar-refractivity contribution is 0.0385. The molecule has 28 heavy (non-hydrogen) atoms. The van der Waals surface area contributed by atoms with Crippen molar-refractivity contribution in [2.75, 3.05) is 26.3 Å². The van der Waals surface area contributed by atoms with Gasteiger partial charge in [0, 0.05) is 48.3 Å². The van der Waals surface area contributed by atoms with Crippen LogP contribution in [-0.2, 0) is 16.7 Å². The van der Waals surface area contributed by atoms with E-state index in [1.54, 1.807) is 12.3 Å². The van der Waals surface area contributed by atoms with Crippen LogP contribution in [0.25, 0.3) is 0 Å². The molecule has 0 spiro atoms. The van der Waals surface area contributed by atoms with Gasteiger partial charge in [-0.15, -0.1) is 0 Å². The third-order valence-corrected chi connectivity index (χ3v) is 6.24. The van der Waals surface area contributed by atoms with Gasteiger partial charge in [-0.3, -0.25) is 14.7 Å². The van der Waals surface area contributed by atoms with Crippen molar-refractivity contribution in [2.24, 2.45) is 5.41 Å². The van der Waals surface area contributed by atoms with E-state index in [9.17, 15) is 4.79 Å². The van der Waals surface area contributed by atoms with Crippen molar-refractivity contribution < 1.29 is 4.74 Å². The molecule has 0 amide bonds. The van der Waals surface area contributed by atoms with Crippen molar-refractivity contribution in [3.8, 4) is 0 Å². The average molecular weight is 384 g/mol. The molecule has 1 N–H and O–H groups in total. The molecule has 1 aliphatic rings. The molecule has 2 aromatic rings. The van der Waals surface area contributed by atoms with Gasteiger partial charge < -0.3 is 9.72 Å². The lowest BCUT2D eigenvalue weighted by atomic mass is 9.81. The molecule has 0 aromatic carbocycles. The minimum absolute atomic E-state index is 0.0302. The van der Waals surface area contributed by atoms with Crippen molar-refractivity contribution in [1.29, 1.82) is 0 Å². The molecular formula is C23H33N3O2. The number of nitrogens with zero attached hydrogens (tertiary/aromatic N) is 2. The largest absolute Gasteiger partial charge is 0.381 e. The normalized spacial score (nSPS) is 20.6. The molecule has 152 valence electrons. The Hall–Kier alpha value is -1.98. The summed E-state index contributed by atoms with van der Waals surface area (Å²) in [5.74, 6) is 0. The van der Waals surface area contributed by atoms with E-state index in [0.29, 0.717) is 0 Å². The predicted octanol–water partition coefficient (Wildman–Crippen LogP) is 3.67. The summed E-state index contributed by atoms with van der Waals surface area (Å²) >= 11 is 0. The number of hydrogen-bond acceptors (Lipinski definition) is 4. The number of aryl methyl sites for hydroxylation is 2. The summed E-state index contributed by atoms with van der Waals surface area (Å²) in [6.07, 6.45) is 6.78. The van der Waals surface area contributed by atoms with E-state index in [4.69, 9.17) is 4.74 Å². The molecule has 1 atom stereocenters. The molecule has 5 heteroatoms. The highest BCUT2D eigenvalue weighted by molar-refractivity contribution is 5.22. The monoisotopic (exact) mass is 383 g/mol. The van der Waals surface area contributed by atoms with Gasteiger partial charge in [0.05, 0.1) is 6.61 Å². The fourth-order valence-corrected chi connectivity index (χ4v) is 4.19. The Morgan fingerprint density at radius 3 is 2.82 bits per heavy atom. The van der Waals surface area contributed by atoms with Gasteiger partial charge in [-0.2, -0.15) is 0 Å². The molecule has 0 radical (unpaired) electrons. The van der Waals surface area contributed by atoms with Crippen LogP contribution in [0, 0.1) is 12.3 Å². The molecule has 0 aliphatic carbocycles. The fraction of sp³-hybridized carbons (Fsp3) is 0.565. The number of aromatic nitrogens is 2. The van der Waals surface area contributed by atoms with E-state index in [0.717, 1.165) is 56.8 Å². The Morgan fingerprint density at radius 2 is 2.14 bits per heavy atom. The van der Waals surface area contributed by atoms with Crippen LogP contribution in [0.3, 0.4) is 0 Å². The molecule has 1 fully saturated rings. The number of pyridine rings is 2. The summed E-state index contributed by atoms with van der Waals surface area (Å²) in [5.41, 5.74) is 3.41. The maximum absolute atomic E-state index is 11.6. The summed E-state index contributed by atoms with van der Waals surface area (Å²) in [7, 11) is 0. The fourth-order valence-electron chi connectivity index (χ4n) is 4.19. The van der Waals surface area contributed by atoms with Crippen LogP contribution >= 0.6 is 0 Å². The van der Waals surface area contributed by atoms with Crippen LogP contribution in [0.4, 0.5) is 0 Å². The Labute approximate surface area is 168 Å². The Bertz CT molecular complexity index is 828. The van der Waals surface area contributed by atoms with Gasteiger partial charge in [0.25, 0.3) is 0 Å². The van der Waals surface area contributed by atoms with Crippen LogP contribution < -0.4 is 5.56 Å². The highest BCUT2D eigenvalue weighted by Gasteiger charge is 2.43. The summed E-state index contributed by atoms with van der Waals surface area (Å²) in [6.45, 7) is 12.2. The smallest absolute Gasteiger partial charge is 0.248 e. The number of H-pyrrole nitrogens is 1. The van der Waals surface area contributed by atoms with Crippen LogP contribution in [0.15, 0.2) is 41.5 Å². The van der Waals surface area contributed by atoms with Gasteiger partial charge in [-0.05, 0) is 76.8 Å². The van der Waals surface area contributed by atoms with Crippen LogP contribution in [0.2, 0.25) is 0 Å². The SMILES string of the molecule is CCOC[C@@]1(CCc2cc[nH]c(=O)c2)CCN(C(C)(C)c2ccc(C)nc2)C1. The minimum Gasteiger partial charge on any atom is -0.381 e. The lowest BCUT2D eigenvalue weighted by Crippen LogP contribution is -2.42. The number of nitrogens with one attached hydrogen (secondary N) is 1. The van der Waals surface area contributed by atoms with Gasteiger partial charge in [0.2, 0.25) is 5.56 Å². The molecule has 5 nitrogen and oxygen atoms in total. The molecule has 3 heterocycles. The highest BCUT2D eigenvalue weighted by atomic mass is 16.5. The zero-order chi connectivity index (χ0) is 20.2. The molecule has 0 bridgehead atoms. The van der Waals surface area contributed by atoms with Gasteiger partial charge in [-0.1, -0.05) is 6.07 Å². The number of ether oxygens (including phenoxy) is 1. The molecule has 1 aliphatic heterocycles. The van der Waals surface area contributed by atoms with E-state index in [1.807, 2.05) is 19.2 Å². The standard InChI is InChI=1S/C23H33N3O2/c1-5-28-17-23(10-8-19-9-12-24-21(27)14-19)11-13-26(16-23)22(3,4)20-7-6-18(2)25-15-20/h6-7,9,12,14-15H,5,8,10-11,13,16-17H2,1-4H3,(H,24,27)/t23-/m0/s1. The van der Waals surface area contributed by atoms with Crippen molar-refractivity contribution in [2.45, 2.75) is 52.5 Å². The first kappa shape index (κ1) is 20.7. The quantitative estimate of drug-likeness (QED) is 0.756. The first-order chi connectivity index (χ1) is 13.3. The van der Waals surface area contributed by atoms with Crippen LogP contribution in [-0.4, -0.2) is 41.2 Å². The summed E-state index contributed by atoms with van der Waals surface area (Å²) in [5, 5.41) is 0. The van der Waals surface area contributed by atoms with E-state index in [2.05, 4.69) is 47.8 Å². The molecule has 0 saturated carbocycles. The summed E-state index contributed by atoms with van der Waals surface area (Å²) in [4.78, 5) is 21.4. The van der Waals surface area contributed by atoms with Crippen molar-refractivity contribution in [3.63, 3.8) is 0 Å². The van der Waals surface area contributed by atoms with E-state index < -0.39 is 0 Å². The summed E-state index contributed by atoms with van der Waals surface area (Å²) < 4.78 is 5.91. The van der Waals surface area contributed by atoms with Gasteiger partial charge in [-0.25, -0.2) is 0 Å². The summed E-state index contributed by atoms with van der Waals surface area (Å²) in [6, 6.07) is 8.00. The number of likely N-dealkylation sites (tertiary alicyclic amines) is 1. The zero-order valence-corrected chi connectivity index (χ0v) is 17.6. The Balaban J connectivity index is 1.75. The third-order valence-electron chi connectivity index (χ3n) is 6.24. The third kappa shape index (κ3) is 4.70. The van der Waals surface area contributed by atoms with Crippen LogP contribution in [0.1, 0.15) is 50.4 Å². The van der Waals surface area contributed by atoms with Gasteiger partial charge in [0.1, 0.15) is 0 Å². The topological polar surface area (TPSA) is 58.2 Å². The van der Waals surface area contributed by atoms with Crippen molar-refractivity contribution in [1.82, 2.24) is 14.9 Å². The molecule has 3 rings (SSSR count). The minimum atomic E-state index is -0.0709. The van der Waals surface area contributed by atoms with Gasteiger partial charge in [0.15, 0.2) is 0 Å². The van der Waals surface area contributed by atoms with Crippen molar-refractivity contribution >= 4 is 0 Å². The zero-order valence-electron chi connectivity index (χ0n) is 17.6. The molecule has 2 aromatic heterocycles. The Kier molecular flexibility index (Phi) is 6.36. The molecular weight excluding hydrogens is 350 g/mol. The van der Waals surface area contributed by atoms with E-state index in [-0.39, 0.29) is 16.5 Å². The van der Waals surface area contributed by atoms with Crippen molar-refractivity contribution in [3.05, 3.63) is 63.8 Å². The van der Waals surface area contributed by atoms with E-state index in [1.165, 1.54) is 5.56 Å². The molecule has 0 unspecified atom stereocenters. The van der Waals surface area contributed by atoms with Gasteiger partial charge >= 0.3 is 0 Å². The van der Waals surface area contributed by atoms with Crippen LogP contribution in [0.5, 0.6) is 0 Å². The Morgan fingerprint density at radius 1 is 1.32 bits per heavy atom. The second-order valence-corrected chi connectivity index (χ2v) is 8.62. The number of aromatic amines is 1. The second-order valence-electron chi connectivity index (χ2n) is 8.62. The lowest BCUT2D eigenvalue weighted by Gasteiger charge is -2.38. The average Bonchev–Trinajstić information content (AvgIpc) is 3.11. The predicted molar refractivity (Wildman–Crippen MR) is 112 cm³/mol. The highest BCUT2D eigenvalue weighted by Crippen LogP contribution is 2.41. The number of rotatable bonds is 8.